The Labute approximate surface area is 259 Å². The first kappa shape index (κ1) is 29.0. The van der Waals surface area contributed by atoms with E-state index < -0.39 is 0 Å². The van der Waals surface area contributed by atoms with E-state index in [1.807, 2.05) is 30.5 Å². The Hall–Kier alpha value is -4.11. The number of carbonyl (C=O) groups is 1. The lowest BCUT2D eigenvalue weighted by atomic mass is 9.90. The first-order valence-corrected chi connectivity index (χ1v) is 14.8. The van der Waals surface area contributed by atoms with Crippen molar-refractivity contribution in [3.8, 4) is 11.3 Å². The summed E-state index contributed by atoms with van der Waals surface area (Å²) in [6.45, 7) is 1.50. The van der Waals surface area contributed by atoms with Crippen LogP contribution in [0.1, 0.15) is 57.5 Å². The number of H-pyrrole nitrogens is 1. The molecule has 3 heterocycles. The second kappa shape index (κ2) is 13.0. The molecule has 3 aromatic heterocycles. The third-order valence-corrected chi connectivity index (χ3v) is 8.21. The van der Waals surface area contributed by atoms with Gasteiger partial charge >= 0.3 is 0 Å². The lowest BCUT2D eigenvalue weighted by molar-refractivity contribution is 0.0951. The molecule has 10 heteroatoms. The van der Waals surface area contributed by atoms with Crippen LogP contribution in [0.3, 0.4) is 0 Å². The molecule has 0 spiro atoms. The van der Waals surface area contributed by atoms with Crippen LogP contribution in [0.15, 0.2) is 85.5 Å². The highest BCUT2D eigenvalue weighted by Gasteiger charge is 2.28. The number of benzene rings is 2. The average molecular weight is 616 g/mol. The number of fused-ring (bicyclic) bond motifs is 1. The maximum absolute atomic E-state index is 13.9. The maximum Gasteiger partial charge on any atom is 0.254 e. The lowest BCUT2D eigenvalue weighted by Gasteiger charge is -2.34. The summed E-state index contributed by atoms with van der Waals surface area (Å²) in [5, 5.41) is 3.32. The van der Waals surface area contributed by atoms with Gasteiger partial charge in [-0.25, -0.2) is 9.37 Å². The van der Waals surface area contributed by atoms with Crippen LogP contribution in [0.2, 0.25) is 10.0 Å². The molecule has 2 aromatic carbocycles. The summed E-state index contributed by atoms with van der Waals surface area (Å²) < 4.78 is 13.9. The predicted molar refractivity (Wildman–Crippen MR) is 165 cm³/mol. The number of rotatable bonds is 9. The molecule has 0 fully saturated rings. The number of aryl methyl sites for hydroxylation is 1. The van der Waals surface area contributed by atoms with Gasteiger partial charge in [-0.1, -0.05) is 65.7 Å². The van der Waals surface area contributed by atoms with E-state index >= 15 is 0 Å². The Morgan fingerprint density at radius 1 is 0.977 bits per heavy atom. The zero-order valence-corrected chi connectivity index (χ0v) is 24.7. The number of carbonyl (C=O) groups excluding carboxylic acids is 1. The van der Waals surface area contributed by atoms with Crippen LogP contribution in [-0.4, -0.2) is 30.7 Å². The van der Waals surface area contributed by atoms with Crippen molar-refractivity contribution in [3.05, 3.63) is 135 Å². The molecule has 2 N–H and O–H groups in total. The first-order chi connectivity index (χ1) is 20.9. The quantitative estimate of drug-likeness (QED) is 0.182. The molecule has 0 bridgehead atoms. The molecule has 1 unspecified atom stereocenters. The molecular weight excluding hydrogens is 586 g/mol. The van der Waals surface area contributed by atoms with Gasteiger partial charge in [0.15, 0.2) is 0 Å². The van der Waals surface area contributed by atoms with Gasteiger partial charge in [-0.15, -0.1) is 0 Å². The van der Waals surface area contributed by atoms with E-state index in [2.05, 4.69) is 43.4 Å². The summed E-state index contributed by atoms with van der Waals surface area (Å²) in [6.07, 6.45) is 9.46. The van der Waals surface area contributed by atoms with Gasteiger partial charge in [-0.2, -0.15) is 0 Å². The molecule has 5 aromatic rings. The second-order valence-electron chi connectivity index (χ2n) is 10.6. The monoisotopic (exact) mass is 614 g/mol. The fraction of sp³-hybridized carbons (Fsp3) is 0.212. The Kier molecular flexibility index (Phi) is 8.79. The minimum Gasteiger partial charge on any atom is -0.348 e. The maximum atomic E-state index is 13.9. The molecular formula is C33H29Cl2FN6O. The summed E-state index contributed by atoms with van der Waals surface area (Å²) >= 11 is 12.3. The van der Waals surface area contributed by atoms with E-state index in [9.17, 15) is 9.18 Å². The van der Waals surface area contributed by atoms with Gasteiger partial charge in [0, 0.05) is 37.2 Å². The molecule has 0 aliphatic heterocycles. The highest BCUT2D eigenvalue weighted by Crippen LogP contribution is 2.35. The first-order valence-electron chi connectivity index (χ1n) is 14.1. The number of aromatic nitrogens is 4. The number of aromatic amines is 1. The molecule has 43 heavy (non-hydrogen) atoms. The highest BCUT2D eigenvalue weighted by atomic mass is 35.5. The molecule has 7 nitrogen and oxygen atoms in total. The van der Waals surface area contributed by atoms with Gasteiger partial charge in [0.2, 0.25) is 0 Å². The summed E-state index contributed by atoms with van der Waals surface area (Å²) in [6, 6.07) is 18.9. The second-order valence-corrected chi connectivity index (χ2v) is 11.4. The smallest absolute Gasteiger partial charge is 0.254 e. The van der Waals surface area contributed by atoms with E-state index in [1.54, 1.807) is 12.3 Å². The number of nitrogens with zero attached hydrogens (tertiary/aromatic N) is 4. The van der Waals surface area contributed by atoms with Crippen LogP contribution in [0.5, 0.6) is 0 Å². The standard InChI is InChI=1S/C33H29Cl2FN6O/c34-26-16-37-17-27(35)31(26)33(43)40-15-21-5-1-6-22(13-21)19-42(29-11-3-7-23-9-4-12-38-32(23)29)20-30-39-18-28(41-30)24-8-2-10-25(36)14-24/h1-2,4-6,8-10,12-14,16-18,29H,3,7,11,15,19-20H2,(H,39,41)(H,40,43). The summed E-state index contributed by atoms with van der Waals surface area (Å²) in [7, 11) is 0. The molecule has 6 rings (SSSR count). The fourth-order valence-corrected chi connectivity index (χ4v) is 6.16. The number of amides is 1. The summed E-state index contributed by atoms with van der Waals surface area (Å²) in [5.41, 5.74) is 6.13. The van der Waals surface area contributed by atoms with Gasteiger partial charge in [0.25, 0.3) is 5.91 Å². The Balaban J connectivity index is 1.23. The van der Waals surface area contributed by atoms with Gasteiger partial charge in [0.05, 0.1) is 45.8 Å². The third kappa shape index (κ3) is 6.77. The van der Waals surface area contributed by atoms with E-state index in [0.717, 1.165) is 53.2 Å². The van der Waals surface area contributed by atoms with Crippen molar-refractivity contribution in [1.29, 1.82) is 0 Å². The van der Waals surface area contributed by atoms with E-state index in [4.69, 9.17) is 28.2 Å². The van der Waals surface area contributed by atoms with Crippen LogP contribution < -0.4 is 5.32 Å². The topological polar surface area (TPSA) is 86.8 Å². The Morgan fingerprint density at radius 2 is 1.79 bits per heavy atom. The summed E-state index contributed by atoms with van der Waals surface area (Å²) in [4.78, 5) is 31.9. The number of hydrogen-bond acceptors (Lipinski definition) is 5. The van der Waals surface area contributed by atoms with Crippen LogP contribution in [-0.2, 0) is 26.1 Å². The van der Waals surface area contributed by atoms with Crippen molar-refractivity contribution < 1.29 is 9.18 Å². The van der Waals surface area contributed by atoms with Crippen molar-refractivity contribution in [3.63, 3.8) is 0 Å². The lowest BCUT2D eigenvalue weighted by Crippen LogP contribution is -2.32. The summed E-state index contributed by atoms with van der Waals surface area (Å²) in [5.74, 6) is 0.140. The average Bonchev–Trinajstić information content (AvgIpc) is 3.48. The van der Waals surface area contributed by atoms with Crippen molar-refractivity contribution in [2.45, 2.75) is 44.9 Å². The van der Waals surface area contributed by atoms with E-state index in [0.29, 0.717) is 19.6 Å². The van der Waals surface area contributed by atoms with Crippen LogP contribution in [0, 0.1) is 5.82 Å². The van der Waals surface area contributed by atoms with Crippen LogP contribution >= 0.6 is 23.2 Å². The fourth-order valence-electron chi connectivity index (χ4n) is 5.63. The van der Waals surface area contributed by atoms with Crippen molar-refractivity contribution in [1.82, 2.24) is 30.2 Å². The van der Waals surface area contributed by atoms with Gasteiger partial charge in [-0.05, 0) is 54.2 Å². The van der Waals surface area contributed by atoms with Gasteiger partial charge in [-0.3, -0.25) is 19.7 Å². The van der Waals surface area contributed by atoms with Crippen molar-refractivity contribution in [2.75, 3.05) is 0 Å². The van der Waals surface area contributed by atoms with E-state index in [1.165, 1.54) is 30.1 Å². The molecule has 1 aliphatic rings. The Bertz CT molecular complexity index is 1740. The minimum atomic E-state index is -0.360. The number of imidazole rings is 1. The molecule has 218 valence electrons. The van der Waals surface area contributed by atoms with Crippen molar-refractivity contribution >= 4 is 29.1 Å². The molecule has 0 saturated heterocycles. The highest BCUT2D eigenvalue weighted by molar-refractivity contribution is 6.39. The van der Waals surface area contributed by atoms with Crippen LogP contribution in [0.25, 0.3) is 11.3 Å². The zero-order chi connectivity index (χ0) is 29.8. The number of pyridine rings is 2. The van der Waals surface area contributed by atoms with E-state index in [-0.39, 0.29) is 33.4 Å². The van der Waals surface area contributed by atoms with Gasteiger partial charge < -0.3 is 10.3 Å². The SMILES string of the molecule is O=C(NCc1cccc(CN(Cc2ncc(-c3cccc(F)c3)[nH]2)C2CCCc3cccnc32)c1)c1c(Cl)cncc1Cl. The molecule has 0 radical (unpaired) electrons. The molecule has 1 atom stereocenters. The minimum absolute atomic E-state index is 0.104. The number of hydrogen-bond donors (Lipinski definition) is 2. The van der Waals surface area contributed by atoms with Crippen LogP contribution in [0.4, 0.5) is 4.39 Å². The Morgan fingerprint density at radius 3 is 2.63 bits per heavy atom. The molecule has 1 amide bonds. The third-order valence-electron chi connectivity index (χ3n) is 7.63. The predicted octanol–water partition coefficient (Wildman–Crippen LogP) is 7.32. The van der Waals surface area contributed by atoms with Crippen molar-refractivity contribution in [2.24, 2.45) is 0 Å². The molecule has 1 aliphatic carbocycles. The number of nitrogens with one attached hydrogen (secondary N) is 2. The zero-order valence-electron chi connectivity index (χ0n) is 23.2. The number of halogens is 3. The largest absolute Gasteiger partial charge is 0.348 e. The van der Waals surface area contributed by atoms with Gasteiger partial charge in [0.1, 0.15) is 11.6 Å². The normalized spacial score (nSPS) is 14.5. The molecule has 0 saturated carbocycles.